The first-order valence-electron chi connectivity index (χ1n) is 8.89. The van der Waals surface area contributed by atoms with Crippen molar-refractivity contribution >= 4 is 17.5 Å². The van der Waals surface area contributed by atoms with Crippen LogP contribution in [0.5, 0.6) is 11.5 Å². The summed E-state index contributed by atoms with van der Waals surface area (Å²) < 4.78 is 11.1. The second-order valence-electron chi connectivity index (χ2n) is 6.82. The molecule has 0 bridgehead atoms. The van der Waals surface area contributed by atoms with Gasteiger partial charge in [0.05, 0.1) is 0 Å². The van der Waals surface area contributed by atoms with Crippen LogP contribution in [0.3, 0.4) is 0 Å². The van der Waals surface area contributed by atoms with Gasteiger partial charge in [-0.3, -0.25) is 9.59 Å². The average molecular weight is 345 g/mol. The van der Waals surface area contributed by atoms with Gasteiger partial charge in [0.15, 0.2) is 11.5 Å². The standard InChI is InChI=1S/C18H23N3O4/c19-12-3-6-20(7-4-12)17(22)14-5-8-21(18(14)23)13-1-2-15-16(11-13)25-10-9-24-15/h1-2,11-12,14H,3-10,19H2. The topological polar surface area (TPSA) is 85.1 Å². The summed E-state index contributed by atoms with van der Waals surface area (Å²) in [6.45, 7) is 2.87. The zero-order valence-electron chi connectivity index (χ0n) is 14.1. The van der Waals surface area contributed by atoms with E-state index in [0.717, 1.165) is 18.5 Å². The Morgan fingerprint density at radius 2 is 1.76 bits per heavy atom. The third-order valence-electron chi connectivity index (χ3n) is 5.19. The first-order chi connectivity index (χ1) is 12.1. The molecular weight excluding hydrogens is 322 g/mol. The van der Waals surface area contributed by atoms with E-state index in [9.17, 15) is 9.59 Å². The van der Waals surface area contributed by atoms with Crippen LogP contribution in [0.2, 0.25) is 0 Å². The molecule has 3 aliphatic heterocycles. The molecule has 0 radical (unpaired) electrons. The summed E-state index contributed by atoms with van der Waals surface area (Å²) in [5.74, 6) is 0.575. The SMILES string of the molecule is NC1CCN(C(=O)C2CCN(c3ccc4c(c3)OCCO4)C2=O)CC1. The van der Waals surface area contributed by atoms with Crippen molar-refractivity contribution in [2.24, 2.45) is 11.7 Å². The van der Waals surface area contributed by atoms with Crippen LogP contribution in [-0.2, 0) is 9.59 Å². The van der Waals surface area contributed by atoms with Crippen molar-refractivity contribution in [2.75, 3.05) is 37.7 Å². The Kier molecular flexibility index (Phi) is 4.25. The maximum absolute atomic E-state index is 12.8. The van der Waals surface area contributed by atoms with Gasteiger partial charge in [-0.05, 0) is 31.4 Å². The van der Waals surface area contributed by atoms with E-state index in [1.807, 2.05) is 18.2 Å². The number of hydrogen-bond donors (Lipinski definition) is 1. The summed E-state index contributed by atoms with van der Waals surface area (Å²) in [4.78, 5) is 29.0. The average Bonchev–Trinajstić information content (AvgIpc) is 3.03. The number of hydrogen-bond acceptors (Lipinski definition) is 5. The molecule has 3 aliphatic rings. The van der Waals surface area contributed by atoms with E-state index in [4.69, 9.17) is 15.2 Å². The molecule has 2 amide bonds. The Balaban J connectivity index is 1.47. The van der Waals surface area contributed by atoms with Crippen LogP contribution in [-0.4, -0.2) is 55.6 Å². The molecule has 7 heteroatoms. The molecule has 2 fully saturated rings. The zero-order valence-corrected chi connectivity index (χ0v) is 14.1. The molecule has 0 aromatic heterocycles. The predicted octanol–water partition coefficient (Wildman–Crippen LogP) is 0.760. The highest BCUT2D eigenvalue weighted by molar-refractivity contribution is 6.09. The number of carbonyl (C=O) groups excluding carboxylic acids is 2. The first kappa shape index (κ1) is 16.2. The molecule has 0 spiro atoms. The molecule has 3 heterocycles. The van der Waals surface area contributed by atoms with Gasteiger partial charge in [-0.2, -0.15) is 0 Å². The summed E-state index contributed by atoms with van der Waals surface area (Å²) >= 11 is 0. The van der Waals surface area contributed by atoms with Crippen LogP contribution < -0.4 is 20.1 Å². The lowest BCUT2D eigenvalue weighted by Crippen LogP contribution is -2.46. The molecule has 7 nitrogen and oxygen atoms in total. The van der Waals surface area contributed by atoms with Gasteiger partial charge in [0.1, 0.15) is 19.1 Å². The van der Waals surface area contributed by atoms with Crippen molar-refractivity contribution in [1.29, 1.82) is 0 Å². The lowest BCUT2D eigenvalue weighted by molar-refractivity contribution is -0.140. The normalized spacial score (nSPS) is 23.9. The van der Waals surface area contributed by atoms with Crippen molar-refractivity contribution in [3.63, 3.8) is 0 Å². The fourth-order valence-corrected chi connectivity index (χ4v) is 3.71. The number of nitrogens with zero attached hydrogens (tertiary/aromatic N) is 2. The number of benzene rings is 1. The van der Waals surface area contributed by atoms with Gasteiger partial charge in [0.2, 0.25) is 11.8 Å². The minimum Gasteiger partial charge on any atom is -0.486 e. The number of rotatable bonds is 2. The molecule has 1 aromatic carbocycles. The van der Waals surface area contributed by atoms with Crippen molar-refractivity contribution in [1.82, 2.24) is 4.90 Å². The molecule has 2 saturated heterocycles. The molecule has 1 unspecified atom stereocenters. The van der Waals surface area contributed by atoms with E-state index in [1.54, 1.807) is 9.80 Å². The molecular formula is C18H23N3O4. The summed E-state index contributed by atoms with van der Waals surface area (Å²) in [5, 5.41) is 0. The number of carbonyl (C=O) groups is 2. The number of ether oxygens (including phenoxy) is 2. The minimum absolute atomic E-state index is 0.0584. The Morgan fingerprint density at radius 3 is 2.52 bits per heavy atom. The number of piperidine rings is 1. The number of fused-ring (bicyclic) bond motifs is 1. The van der Waals surface area contributed by atoms with Crippen LogP contribution in [0.4, 0.5) is 5.69 Å². The Hall–Kier alpha value is -2.28. The molecule has 1 aromatic rings. The zero-order chi connectivity index (χ0) is 17.4. The largest absolute Gasteiger partial charge is 0.486 e. The van der Waals surface area contributed by atoms with Gasteiger partial charge < -0.3 is 25.0 Å². The highest BCUT2D eigenvalue weighted by atomic mass is 16.6. The lowest BCUT2D eigenvalue weighted by atomic mass is 10.0. The van der Waals surface area contributed by atoms with E-state index < -0.39 is 5.92 Å². The van der Waals surface area contributed by atoms with E-state index in [-0.39, 0.29) is 17.9 Å². The van der Waals surface area contributed by atoms with E-state index in [0.29, 0.717) is 50.8 Å². The number of likely N-dealkylation sites (tertiary alicyclic amines) is 1. The quantitative estimate of drug-likeness (QED) is 0.800. The van der Waals surface area contributed by atoms with Gasteiger partial charge in [-0.25, -0.2) is 0 Å². The molecule has 4 rings (SSSR count). The van der Waals surface area contributed by atoms with E-state index in [1.165, 1.54) is 0 Å². The van der Waals surface area contributed by atoms with E-state index >= 15 is 0 Å². The van der Waals surface area contributed by atoms with Crippen molar-refractivity contribution in [3.05, 3.63) is 18.2 Å². The molecule has 134 valence electrons. The fourth-order valence-electron chi connectivity index (χ4n) is 3.71. The first-order valence-corrected chi connectivity index (χ1v) is 8.89. The summed E-state index contributed by atoms with van der Waals surface area (Å²) in [5.41, 5.74) is 6.65. The second-order valence-corrected chi connectivity index (χ2v) is 6.82. The minimum atomic E-state index is -0.581. The van der Waals surface area contributed by atoms with Crippen LogP contribution in [0.25, 0.3) is 0 Å². The summed E-state index contributed by atoms with van der Waals surface area (Å²) in [6, 6.07) is 5.65. The third kappa shape index (κ3) is 3.04. The van der Waals surface area contributed by atoms with Gasteiger partial charge >= 0.3 is 0 Å². The fraction of sp³-hybridized carbons (Fsp3) is 0.556. The van der Waals surface area contributed by atoms with Crippen LogP contribution in [0.1, 0.15) is 19.3 Å². The maximum atomic E-state index is 12.8. The monoisotopic (exact) mass is 345 g/mol. The Morgan fingerprint density at radius 1 is 1.04 bits per heavy atom. The Bertz CT molecular complexity index is 685. The van der Waals surface area contributed by atoms with Crippen molar-refractivity contribution in [3.8, 4) is 11.5 Å². The van der Waals surface area contributed by atoms with Gasteiger partial charge in [0, 0.05) is 37.4 Å². The van der Waals surface area contributed by atoms with Crippen molar-refractivity contribution < 1.29 is 19.1 Å². The van der Waals surface area contributed by atoms with Gasteiger partial charge in [0.25, 0.3) is 0 Å². The highest BCUT2D eigenvalue weighted by Gasteiger charge is 2.40. The molecule has 25 heavy (non-hydrogen) atoms. The lowest BCUT2D eigenvalue weighted by Gasteiger charge is -2.31. The Labute approximate surface area is 146 Å². The third-order valence-corrected chi connectivity index (χ3v) is 5.19. The predicted molar refractivity (Wildman–Crippen MR) is 91.7 cm³/mol. The number of anilines is 1. The summed E-state index contributed by atoms with van der Waals surface area (Å²) in [7, 11) is 0. The molecule has 2 N–H and O–H groups in total. The van der Waals surface area contributed by atoms with Crippen LogP contribution >= 0.6 is 0 Å². The number of amides is 2. The summed E-state index contributed by atoms with van der Waals surface area (Å²) in [6.07, 6.45) is 2.16. The molecule has 1 atom stereocenters. The molecule has 0 saturated carbocycles. The van der Waals surface area contributed by atoms with Gasteiger partial charge in [-0.15, -0.1) is 0 Å². The maximum Gasteiger partial charge on any atom is 0.239 e. The smallest absolute Gasteiger partial charge is 0.239 e. The number of nitrogens with two attached hydrogens (primary N) is 1. The second kappa shape index (κ2) is 6.55. The van der Waals surface area contributed by atoms with Crippen LogP contribution in [0, 0.1) is 5.92 Å². The van der Waals surface area contributed by atoms with Gasteiger partial charge in [-0.1, -0.05) is 0 Å². The highest BCUT2D eigenvalue weighted by Crippen LogP contribution is 2.36. The molecule has 0 aliphatic carbocycles. The van der Waals surface area contributed by atoms with E-state index in [2.05, 4.69) is 0 Å². The van der Waals surface area contributed by atoms with Crippen molar-refractivity contribution in [2.45, 2.75) is 25.3 Å². The van der Waals surface area contributed by atoms with Crippen LogP contribution in [0.15, 0.2) is 18.2 Å².